The van der Waals surface area contributed by atoms with Crippen molar-refractivity contribution in [3.8, 4) is 5.75 Å². The van der Waals surface area contributed by atoms with Crippen LogP contribution in [0, 0.1) is 5.41 Å². The first-order valence-corrected chi connectivity index (χ1v) is 9.60. The fraction of sp³-hybridized carbons (Fsp3) is 0.115. The lowest BCUT2D eigenvalue weighted by Gasteiger charge is -2.17. The summed E-state index contributed by atoms with van der Waals surface area (Å²) in [5, 5.41) is 10.2. The zero-order valence-corrected chi connectivity index (χ0v) is 16.9. The normalized spacial score (nSPS) is 13.1. The highest BCUT2D eigenvalue weighted by Gasteiger charge is 2.12. The molecule has 29 heavy (non-hydrogen) atoms. The van der Waals surface area contributed by atoms with Crippen LogP contribution in [0.4, 0.5) is 5.69 Å². The van der Waals surface area contributed by atoms with Crippen molar-refractivity contribution < 1.29 is 4.74 Å². The summed E-state index contributed by atoms with van der Waals surface area (Å²) >= 11 is 0. The molecule has 1 N–H and O–H groups in total. The number of hydrogen-bond donors (Lipinski definition) is 1. The molecule has 3 aromatic carbocycles. The highest BCUT2D eigenvalue weighted by molar-refractivity contribution is 6.05. The van der Waals surface area contributed by atoms with Gasteiger partial charge in [-0.1, -0.05) is 42.5 Å². The molecule has 0 atom stereocenters. The Labute approximate surface area is 171 Å². The molecule has 0 aliphatic heterocycles. The smallest absolute Gasteiger partial charge is 0.119 e. The highest BCUT2D eigenvalue weighted by atomic mass is 16.5. The summed E-state index contributed by atoms with van der Waals surface area (Å²) in [6.45, 7) is 0. The molecule has 0 saturated heterocycles. The summed E-state index contributed by atoms with van der Waals surface area (Å²) in [4.78, 5) is 2.10. The fourth-order valence-electron chi connectivity index (χ4n) is 3.57. The van der Waals surface area contributed by atoms with Crippen molar-refractivity contribution in [2.75, 3.05) is 26.1 Å². The Morgan fingerprint density at radius 3 is 2.03 bits per heavy atom. The Morgan fingerprint density at radius 1 is 0.759 bits per heavy atom. The molecule has 0 bridgehead atoms. The average Bonchev–Trinajstić information content (AvgIpc) is 2.75. The topological polar surface area (TPSA) is 36.3 Å². The van der Waals surface area contributed by atoms with Crippen molar-refractivity contribution in [1.82, 2.24) is 0 Å². The van der Waals surface area contributed by atoms with Crippen LogP contribution in [-0.4, -0.2) is 26.9 Å². The molecule has 0 spiro atoms. The minimum absolute atomic E-state index is 0.515. The lowest BCUT2D eigenvalue weighted by Crippen LogP contribution is -2.08. The third-order valence-corrected chi connectivity index (χ3v) is 5.18. The van der Waals surface area contributed by atoms with Gasteiger partial charge in [0.1, 0.15) is 5.75 Å². The molecule has 1 aliphatic rings. The van der Waals surface area contributed by atoms with Crippen LogP contribution in [0.2, 0.25) is 0 Å². The Bertz CT molecular complexity index is 1150. The number of methoxy groups -OCH3 is 1. The second-order valence-corrected chi connectivity index (χ2v) is 7.32. The predicted molar refractivity (Wildman–Crippen MR) is 123 cm³/mol. The molecular formula is C26H24N2O. The van der Waals surface area contributed by atoms with Crippen LogP contribution < -0.4 is 9.64 Å². The van der Waals surface area contributed by atoms with Crippen molar-refractivity contribution in [3.05, 3.63) is 102 Å². The molecule has 144 valence electrons. The van der Waals surface area contributed by atoms with Crippen LogP contribution in [0.25, 0.3) is 16.3 Å². The number of benzene rings is 3. The zero-order valence-electron chi connectivity index (χ0n) is 16.9. The second-order valence-electron chi connectivity index (χ2n) is 7.32. The fourth-order valence-corrected chi connectivity index (χ4v) is 3.57. The molecule has 4 rings (SSSR count). The van der Waals surface area contributed by atoms with E-state index in [1.807, 2.05) is 44.5 Å². The number of rotatable bonds is 4. The van der Waals surface area contributed by atoms with Crippen LogP contribution in [-0.2, 0) is 0 Å². The first-order chi connectivity index (χ1) is 14.0. The van der Waals surface area contributed by atoms with Gasteiger partial charge in [0, 0.05) is 19.8 Å². The Balaban J connectivity index is 1.88. The van der Waals surface area contributed by atoms with Crippen molar-refractivity contribution >= 4 is 27.7 Å². The van der Waals surface area contributed by atoms with Gasteiger partial charge in [-0.2, -0.15) is 0 Å². The molecule has 3 heteroatoms. The van der Waals surface area contributed by atoms with Crippen molar-refractivity contribution in [3.63, 3.8) is 0 Å². The Hall–Kier alpha value is -3.59. The Kier molecular flexibility index (Phi) is 5.05. The molecule has 0 heterocycles. The second kappa shape index (κ2) is 7.80. The maximum Gasteiger partial charge on any atom is 0.119 e. The molecule has 1 aliphatic carbocycles. The molecule has 0 fully saturated rings. The number of fused-ring (bicyclic) bond motifs is 1. The van der Waals surface area contributed by atoms with Gasteiger partial charge in [0.05, 0.1) is 12.8 Å². The van der Waals surface area contributed by atoms with Crippen LogP contribution in [0.15, 0.2) is 90.5 Å². The number of anilines is 1. The Morgan fingerprint density at radius 2 is 1.38 bits per heavy atom. The van der Waals surface area contributed by atoms with E-state index >= 15 is 0 Å². The summed E-state index contributed by atoms with van der Waals surface area (Å²) in [6, 6.07) is 21.3. The molecule has 3 nitrogen and oxygen atoms in total. The van der Waals surface area contributed by atoms with E-state index in [0.717, 1.165) is 33.4 Å². The van der Waals surface area contributed by atoms with Crippen LogP contribution in [0.5, 0.6) is 5.75 Å². The number of allylic oxidation sites excluding steroid dienone is 5. The van der Waals surface area contributed by atoms with Gasteiger partial charge in [0.25, 0.3) is 0 Å². The lowest BCUT2D eigenvalue weighted by atomic mass is 9.89. The lowest BCUT2D eigenvalue weighted by molar-refractivity contribution is 0.415. The van der Waals surface area contributed by atoms with E-state index in [0.29, 0.717) is 5.71 Å². The van der Waals surface area contributed by atoms with Gasteiger partial charge in [-0.25, -0.2) is 0 Å². The van der Waals surface area contributed by atoms with Crippen LogP contribution in [0.3, 0.4) is 0 Å². The van der Waals surface area contributed by atoms with E-state index in [9.17, 15) is 0 Å². The maximum atomic E-state index is 7.84. The summed E-state index contributed by atoms with van der Waals surface area (Å²) in [5.74, 6) is 0.861. The van der Waals surface area contributed by atoms with Gasteiger partial charge in [0.15, 0.2) is 0 Å². The van der Waals surface area contributed by atoms with Crippen molar-refractivity contribution in [2.45, 2.75) is 0 Å². The standard InChI is InChI=1S/C26H24N2O/c1-28(2)24-13-8-19(9-14-24)26(18-6-11-23(27)12-7-18)22-5-4-21-17-25(29-3)15-10-20(21)16-22/h4-17,27H,1-3H3. The van der Waals surface area contributed by atoms with Crippen molar-refractivity contribution in [2.24, 2.45) is 0 Å². The first kappa shape index (κ1) is 18.8. The quantitative estimate of drug-likeness (QED) is 0.615. The monoisotopic (exact) mass is 380 g/mol. The van der Waals surface area contributed by atoms with E-state index in [4.69, 9.17) is 10.1 Å². The minimum atomic E-state index is 0.515. The van der Waals surface area contributed by atoms with Crippen LogP contribution in [0.1, 0.15) is 11.1 Å². The molecule has 0 aromatic heterocycles. The molecule has 3 aromatic rings. The molecule has 0 saturated carbocycles. The number of ether oxygens (including phenoxy) is 1. The first-order valence-electron chi connectivity index (χ1n) is 9.60. The summed E-state index contributed by atoms with van der Waals surface area (Å²) in [6.07, 6.45) is 7.73. The van der Waals surface area contributed by atoms with Crippen molar-refractivity contribution in [1.29, 1.82) is 5.41 Å². The minimum Gasteiger partial charge on any atom is -0.497 e. The highest BCUT2D eigenvalue weighted by Crippen LogP contribution is 2.33. The van der Waals surface area contributed by atoms with Gasteiger partial charge in [-0.3, -0.25) is 0 Å². The van der Waals surface area contributed by atoms with Gasteiger partial charge < -0.3 is 15.0 Å². The van der Waals surface area contributed by atoms with E-state index in [-0.39, 0.29) is 0 Å². The number of nitrogens with zero attached hydrogens (tertiary/aromatic N) is 1. The molecule has 0 amide bonds. The van der Waals surface area contributed by atoms with Gasteiger partial charge in [0.2, 0.25) is 0 Å². The van der Waals surface area contributed by atoms with Gasteiger partial charge in [-0.05, 0) is 75.5 Å². The van der Waals surface area contributed by atoms with E-state index < -0.39 is 0 Å². The average molecular weight is 380 g/mol. The molecular weight excluding hydrogens is 356 g/mol. The van der Waals surface area contributed by atoms with E-state index in [1.165, 1.54) is 11.1 Å². The van der Waals surface area contributed by atoms with Gasteiger partial charge in [-0.15, -0.1) is 0 Å². The summed E-state index contributed by atoms with van der Waals surface area (Å²) in [7, 11) is 5.78. The van der Waals surface area contributed by atoms with Gasteiger partial charge >= 0.3 is 0 Å². The van der Waals surface area contributed by atoms with E-state index in [2.05, 4.69) is 59.5 Å². The largest absolute Gasteiger partial charge is 0.497 e. The third-order valence-electron chi connectivity index (χ3n) is 5.18. The predicted octanol–water partition coefficient (Wildman–Crippen LogP) is 5.86. The molecule has 0 unspecified atom stereocenters. The summed E-state index contributed by atoms with van der Waals surface area (Å²) < 4.78 is 5.35. The number of hydrogen-bond acceptors (Lipinski definition) is 3. The SMILES string of the molecule is COc1ccc2cc(C(=C3C=CC(=N)C=C3)c3ccc(N(C)C)cc3)ccc2c1. The summed E-state index contributed by atoms with van der Waals surface area (Å²) in [5.41, 5.74) is 6.25. The zero-order chi connectivity index (χ0) is 20.4. The van der Waals surface area contributed by atoms with Crippen LogP contribution >= 0.6 is 0 Å². The van der Waals surface area contributed by atoms with E-state index in [1.54, 1.807) is 7.11 Å². The third kappa shape index (κ3) is 3.85. The number of nitrogens with one attached hydrogen (secondary N) is 1. The molecule has 0 radical (unpaired) electrons. The maximum absolute atomic E-state index is 7.84.